The van der Waals surface area contributed by atoms with E-state index in [4.69, 9.17) is 4.74 Å². The molecule has 0 unspecified atom stereocenters. The van der Waals surface area contributed by atoms with Gasteiger partial charge in [-0.1, -0.05) is 12.8 Å². The zero-order valence-corrected chi connectivity index (χ0v) is 13.2. The van der Waals surface area contributed by atoms with Crippen LogP contribution in [0.1, 0.15) is 51.4 Å². The molecule has 0 spiro atoms. The average Bonchev–Trinajstić information content (AvgIpc) is 2.81. The van der Waals surface area contributed by atoms with E-state index in [-0.39, 0.29) is 5.92 Å². The third kappa shape index (κ3) is 3.78. The summed E-state index contributed by atoms with van der Waals surface area (Å²) in [6.07, 6.45) is 9.33. The molecule has 4 heteroatoms. The SMILES string of the molecule is O=C(C1CCOCC1)N1CCCCC[C@@H]1C1CCNCC1. The Morgan fingerprint density at radius 3 is 2.48 bits per heavy atom. The van der Waals surface area contributed by atoms with E-state index < -0.39 is 0 Å². The van der Waals surface area contributed by atoms with Crippen molar-refractivity contribution < 1.29 is 9.53 Å². The Bertz CT molecular complexity index is 336. The molecule has 3 aliphatic rings. The first-order chi connectivity index (χ1) is 10.4. The second-order valence-electron chi connectivity index (χ2n) is 6.92. The van der Waals surface area contributed by atoms with E-state index in [9.17, 15) is 4.79 Å². The molecule has 1 atom stereocenters. The number of nitrogens with zero attached hydrogens (tertiary/aromatic N) is 1. The van der Waals surface area contributed by atoms with Gasteiger partial charge in [0.05, 0.1) is 0 Å². The number of hydrogen-bond donors (Lipinski definition) is 1. The molecular formula is C17H30N2O2. The number of carbonyl (C=O) groups is 1. The Balaban J connectivity index is 1.69. The largest absolute Gasteiger partial charge is 0.381 e. The second kappa shape index (κ2) is 7.59. The van der Waals surface area contributed by atoms with E-state index in [1.54, 1.807) is 0 Å². The van der Waals surface area contributed by atoms with Gasteiger partial charge in [0.2, 0.25) is 5.91 Å². The fourth-order valence-electron chi connectivity index (χ4n) is 4.31. The number of rotatable bonds is 2. The Hall–Kier alpha value is -0.610. The molecule has 0 aromatic rings. The summed E-state index contributed by atoms with van der Waals surface area (Å²) in [5.41, 5.74) is 0. The molecular weight excluding hydrogens is 264 g/mol. The van der Waals surface area contributed by atoms with Gasteiger partial charge in [-0.15, -0.1) is 0 Å². The van der Waals surface area contributed by atoms with Crippen molar-refractivity contribution in [3.8, 4) is 0 Å². The van der Waals surface area contributed by atoms with Crippen molar-refractivity contribution in [2.45, 2.75) is 57.4 Å². The van der Waals surface area contributed by atoms with E-state index in [0.717, 1.165) is 45.7 Å². The van der Waals surface area contributed by atoms with Crippen molar-refractivity contribution in [1.29, 1.82) is 0 Å². The van der Waals surface area contributed by atoms with E-state index in [1.807, 2.05) is 0 Å². The van der Waals surface area contributed by atoms with Crippen molar-refractivity contribution in [3.63, 3.8) is 0 Å². The maximum absolute atomic E-state index is 13.0. The summed E-state index contributed by atoms with van der Waals surface area (Å²) in [6.45, 7) is 4.77. The molecule has 3 heterocycles. The summed E-state index contributed by atoms with van der Waals surface area (Å²) in [5.74, 6) is 1.37. The number of nitrogens with one attached hydrogen (secondary N) is 1. The van der Waals surface area contributed by atoms with Crippen molar-refractivity contribution >= 4 is 5.91 Å². The minimum absolute atomic E-state index is 0.223. The molecule has 21 heavy (non-hydrogen) atoms. The number of carbonyl (C=O) groups excluding carboxylic acids is 1. The lowest BCUT2D eigenvalue weighted by Gasteiger charge is -2.40. The van der Waals surface area contributed by atoms with Crippen molar-refractivity contribution in [2.75, 3.05) is 32.8 Å². The van der Waals surface area contributed by atoms with E-state index in [1.165, 1.54) is 38.5 Å². The van der Waals surface area contributed by atoms with Crippen molar-refractivity contribution in [1.82, 2.24) is 10.2 Å². The van der Waals surface area contributed by atoms with Crippen LogP contribution in [0, 0.1) is 11.8 Å². The van der Waals surface area contributed by atoms with Crippen LogP contribution in [0.15, 0.2) is 0 Å². The molecule has 4 nitrogen and oxygen atoms in total. The number of hydrogen-bond acceptors (Lipinski definition) is 3. The molecule has 0 radical (unpaired) electrons. The van der Waals surface area contributed by atoms with Crippen LogP contribution in [-0.2, 0) is 9.53 Å². The minimum Gasteiger partial charge on any atom is -0.381 e. The van der Waals surface area contributed by atoms with Gasteiger partial charge in [0.1, 0.15) is 0 Å². The lowest BCUT2D eigenvalue weighted by Crippen LogP contribution is -2.49. The summed E-state index contributed by atoms with van der Waals surface area (Å²) in [4.78, 5) is 15.3. The molecule has 0 aliphatic carbocycles. The lowest BCUT2D eigenvalue weighted by molar-refractivity contribution is -0.142. The van der Waals surface area contributed by atoms with Crippen LogP contribution < -0.4 is 5.32 Å². The molecule has 1 N–H and O–H groups in total. The second-order valence-corrected chi connectivity index (χ2v) is 6.92. The van der Waals surface area contributed by atoms with Gasteiger partial charge in [-0.3, -0.25) is 4.79 Å². The molecule has 3 saturated heterocycles. The molecule has 3 fully saturated rings. The summed E-state index contributed by atoms with van der Waals surface area (Å²) in [7, 11) is 0. The van der Waals surface area contributed by atoms with Crippen molar-refractivity contribution in [2.24, 2.45) is 11.8 Å². The predicted molar refractivity (Wildman–Crippen MR) is 83.1 cm³/mol. The Labute approximate surface area is 128 Å². The van der Waals surface area contributed by atoms with Crippen LogP contribution in [-0.4, -0.2) is 49.7 Å². The first-order valence-electron chi connectivity index (χ1n) is 8.95. The topological polar surface area (TPSA) is 41.6 Å². The summed E-state index contributed by atoms with van der Waals surface area (Å²) < 4.78 is 5.43. The van der Waals surface area contributed by atoms with Crippen LogP contribution in [0.2, 0.25) is 0 Å². The van der Waals surface area contributed by atoms with E-state index in [2.05, 4.69) is 10.2 Å². The Morgan fingerprint density at radius 2 is 1.71 bits per heavy atom. The molecule has 1 amide bonds. The van der Waals surface area contributed by atoms with Gasteiger partial charge in [0.25, 0.3) is 0 Å². The Kier molecular flexibility index (Phi) is 5.53. The Morgan fingerprint density at radius 1 is 0.952 bits per heavy atom. The molecule has 3 aliphatic heterocycles. The van der Waals surface area contributed by atoms with Gasteiger partial charge in [0, 0.05) is 31.7 Å². The number of amides is 1. The van der Waals surface area contributed by atoms with Crippen molar-refractivity contribution in [3.05, 3.63) is 0 Å². The number of likely N-dealkylation sites (tertiary alicyclic amines) is 1. The monoisotopic (exact) mass is 294 g/mol. The van der Waals surface area contributed by atoms with E-state index in [0.29, 0.717) is 17.9 Å². The number of piperidine rings is 1. The van der Waals surface area contributed by atoms with Gasteiger partial charge in [-0.2, -0.15) is 0 Å². The average molecular weight is 294 g/mol. The first kappa shape index (κ1) is 15.3. The quantitative estimate of drug-likeness (QED) is 0.849. The third-order valence-corrected chi connectivity index (χ3v) is 5.58. The fraction of sp³-hybridized carbons (Fsp3) is 0.941. The fourth-order valence-corrected chi connectivity index (χ4v) is 4.31. The van der Waals surface area contributed by atoms with Gasteiger partial charge in [0.15, 0.2) is 0 Å². The highest BCUT2D eigenvalue weighted by Gasteiger charge is 2.35. The molecule has 0 aromatic heterocycles. The molecule has 0 bridgehead atoms. The maximum atomic E-state index is 13.0. The standard InChI is InChI=1S/C17H30N2O2/c20-17(15-7-12-21-13-8-15)19-11-3-1-2-4-16(19)14-5-9-18-10-6-14/h14-16,18H,1-13H2/t16-/m1/s1. The normalized spacial score (nSPS) is 30.1. The maximum Gasteiger partial charge on any atom is 0.226 e. The predicted octanol–water partition coefficient (Wildman–Crippen LogP) is 2.18. The van der Waals surface area contributed by atoms with Crippen LogP contribution >= 0.6 is 0 Å². The summed E-state index contributed by atoms with van der Waals surface area (Å²) >= 11 is 0. The lowest BCUT2D eigenvalue weighted by atomic mass is 9.86. The van der Waals surface area contributed by atoms with Crippen LogP contribution in [0.3, 0.4) is 0 Å². The highest BCUT2D eigenvalue weighted by atomic mass is 16.5. The van der Waals surface area contributed by atoms with Crippen LogP contribution in [0.5, 0.6) is 0 Å². The molecule has 3 rings (SSSR count). The first-order valence-corrected chi connectivity index (χ1v) is 8.95. The highest BCUT2D eigenvalue weighted by Crippen LogP contribution is 2.30. The molecule has 120 valence electrons. The van der Waals surface area contributed by atoms with Gasteiger partial charge >= 0.3 is 0 Å². The summed E-state index contributed by atoms with van der Waals surface area (Å²) in [5, 5.41) is 3.46. The van der Waals surface area contributed by atoms with Gasteiger partial charge in [-0.25, -0.2) is 0 Å². The molecule has 0 saturated carbocycles. The van der Waals surface area contributed by atoms with Gasteiger partial charge < -0.3 is 15.0 Å². The zero-order chi connectivity index (χ0) is 14.5. The summed E-state index contributed by atoms with van der Waals surface area (Å²) in [6, 6.07) is 0.505. The number of ether oxygens (including phenoxy) is 1. The smallest absolute Gasteiger partial charge is 0.226 e. The highest BCUT2D eigenvalue weighted by molar-refractivity contribution is 5.79. The van der Waals surface area contributed by atoms with Crippen LogP contribution in [0.4, 0.5) is 0 Å². The molecule has 0 aromatic carbocycles. The van der Waals surface area contributed by atoms with Gasteiger partial charge in [-0.05, 0) is 57.5 Å². The van der Waals surface area contributed by atoms with Crippen LogP contribution in [0.25, 0.3) is 0 Å². The third-order valence-electron chi connectivity index (χ3n) is 5.58. The zero-order valence-electron chi connectivity index (χ0n) is 13.2. The van der Waals surface area contributed by atoms with E-state index >= 15 is 0 Å². The minimum atomic E-state index is 0.223.